The van der Waals surface area contributed by atoms with Crippen LogP contribution in [0, 0.1) is 16.0 Å². The van der Waals surface area contributed by atoms with Crippen molar-refractivity contribution in [2.24, 2.45) is 23.1 Å². The number of fused-ring (bicyclic) bond motifs is 2. The standard InChI is InChI=1S/C11H21N5O2/c12-4-7-1-10(16(17)18)2-8(5-13)15-9(3-10)11(7,15)6-14/h7-9H,1-6,12-14H2. The number of nitrogens with zero attached hydrogens (tertiary/aromatic N) is 2. The molecule has 0 aromatic rings. The van der Waals surface area contributed by atoms with Gasteiger partial charge in [-0.05, 0) is 12.5 Å². The molecule has 0 amide bonds. The molecular formula is C11H21N5O2. The summed E-state index contributed by atoms with van der Waals surface area (Å²) in [5.41, 5.74) is 16.7. The largest absolute Gasteiger partial charge is 0.330 e. The van der Waals surface area contributed by atoms with Gasteiger partial charge in [0.15, 0.2) is 0 Å². The first-order valence-electron chi connectivity index (χ1n) is 6.59. The van der Waals surface area contributed by atoms with Crippen LogP contribution in [0.15, 0.2) is 0 Å². The Morgan fingerprint density at radius 3 is 2.44 bits per heavy atom. The Bertz CT molecular complexity index is 392. The van der Waals surface area contributed by atoms with Gasteiger partial charge in [0.05, 0.1) is 5.54 Å². The first-order valence-corrected chi connectivity index (χ1v) is 6.59. The molecule has 6 unspecified atom stereocenters. The van der Waals surface area contributed by atoms with E-state index in [1.165, 1.54) is 0 Å². The van der Waals surface area contributed by atoms with Gasteiger partial charge in [-0.25, -0.2) is 0 Å². The number of hydrogen-bond donors (Lipinski definition) is 3. The van der Waals surface area contributed by atoms with Gasteiger partial charge in [-0.15, -0.1) is 0 Å². The Morgan fingerprint density at radius 2 is 1.94 bits per heavy atom. The summed E-state index contributed by atoms with van der Waals surface area (Å²) >= 11 is 0. The summed E-state index contributed by atoms with van der Waals surface area (Å²) in [4.78, 5) is 13.7. The molecule has 3 rings (SSSR count). The molecular weight excluding hydrogens is 234 g/mol. The summed E-state index contributed by atoms with van der Waals surface area (Å²) < 4.78 is 0. The van der Waals surface area contributed by atoms with Crippen molar-refractivity contribution in [3.63, 3.8) is 0 Å². The number of nitro groups is 1. The molecule has 1 saturated carbocycles. The Kier molecular flexibility index (Phi) is 2.48. The van der Waals surface area contributed by atoms with Gasteiger partial charge in [0.2, 0.25) is 5.54 Å². The Balaban J connectivity index is 2.01. The molecule has 0 aromatic heterocycles. The van der Waals surface area contributed by atoms with Crippen molar-refractivity contribution < 1.29 is 4.92 Å². The highest BCUT2D eigenvalue weighted by molar-refractivity contribution is 5.30. The summed E-state index contributed by atoms with van der Waals surface area (Å²) in [5.74, 6) is 0.128. The van der Waals surface area contributed by atoms with Crippen LogP contribution in [0.3, 0.4) is 0 Å². The lowest BCUT2D eigenvalue weighted by atomic mass is 9.68. The van der Waals surface area contributed by atoms with E-state index >= 15 is 0 Å². The highest BCUT2D eigenvalue weighted by atomic mass is 16.6. The van der Waals surface area contributed by atoms with Gasteiger partial charge in [0, 0.05) is 49.4 Å². The predicted molar refractivity (Wildman–Crippen MR) is 66.4 cm³/mol. The van der Waals surface area contributed by atoms with Gasteiger partial charge in [0.1, 0.15) is 0 Å². The van der Waals surface area contributed by atoms with Crippen LogP contribution in [-0.2, 0) is 0 Å². The monoisotopic (exact) mass is 255 g/mol. The molecule has 7 nitrogen and oxygen atoms in total. The lowest BCUT2D eigenvalue weighted by molar-refractivity contribution is -0.579. The van der Waals surface area contributed by atoms with Gasteiger partial charge in [-0.1, -0.05) is 0 Å². The fourth-order valence-electron chi connectivity index (χ4n) is 4.69. The van der Waals surface area contributed by atoms with E-state index in [-0.39, 0.29) is 28.5 Å². The van der Waals surface area contributed by atoms with E-state index in [1.807, 2.05) is 0 Å². The zero-order valence-corrected chi connectivity index (χ0v) is 10.4. The van der Waals surface area contributed by atoms with E-state index in [1.54, 1.807) is 0 Å². The average Bonchev–Trinajstić information content (AvgIpc) is 3.08. The lowest BCUT2D eigenvalue weighted by Crippen LogP contribution is -2.54. The molecule has 2 heterocycles. The molecule has 1 aliphatic carbocycles. The molecule has 6 atom stereocenters. The number of hydrogen-bond acceptors (Lipinski definition) is 6. The topological polar surface area (TPSA) is 124 Å². The van der Waals surface area contributed by atoms with Gasteiger partial charge in [-0.2, -0.15) is 0 Å². The predicted octanol–water partition coefficient (Wildman–Crippen LogP) is -1.52. The van der Waals surface area contributed by atoms with Crippen molar-refractivity contribution in [2.75, 3.05) is 19.6 Å². The minimum Gasteiger partial charge on any atom is -0.330 e. The van der Waals surface area contributed by atoms with E-state index in [2.05, 4.69) is 4.90 Å². The van der Waals surface area contributed by atoms with Gasteiger partial charge >= 0.3 is 0 Å². The first kappa shape index (κ1) is 12.3. The minimum absolute atomic E-state index is 0.0889. The third kappa shape index (κ3) is 1.18. The second-order valence-electron chi connectivity index (χ2n) is 6.03. The zero-order valence-electron chi connectivity index (χ0n) is 10.4. The van der Waals surface area contributed by atoms with E-state index in [9.17, 15) is 10.1 Å². The summed E-state index contributed by atoms with van der Waals surface area (Å²) in [6.07, 6.45) is 1.71. The fourth-order valence-corrected chi connectivity index (χ4v) is 4.69. The molecule has 0 radical (unpaired) electrons. The lowest BCUT2D eigenvalue weighted by Gasteiger charge is -2.36. The average molecular weight is 255 g/mol. The second kappa shape index (κ2) is 3.63. The summed E-state index contributed by atoms with van der Waals surface area (Å²) in [6, 6.07) is 0.312. The molecule has 7 heteroatoms. The van der Waals surface area contributed by atoms with Crippen molar-refractivity contribution in [1.29, 1.82) is 0 Å². The van der Waals surface area contributed by atoms with E-state index in [0.717, 1.165) is 0 Å². The summed E-state index contributed by atoms with van der Waals surface area (Å²) in [7, 11) is 0. The van der Waals surface area contributed by atoms with Crippen molar-refractivity contribution in [1.82, 2.24) is 4.90 Å². The maximum absolute atomic E-state index is 11.5. The Morgan fingerprint density at radius 1 is 1.22 bits per heavy atom. The molecule has 2 saturated heterocycles. The van der Waals surface area contributed by atoms with E-state index in [0.29, 0.717) is 38.9 Å². The second-order valence-corrected chi connectivity index (χ2v) is 6.03. The van der Waals surface area contributed by atoms with Gasteiger partial charge in [0.25, 0.3) is 0 Å². The zero-order chi connectivity index (χ0) is 13.1. The normalized spacial score (nSPS) is 53.1. The van der Waals surface area contributed by atoms with Gasteiger partial charge < -0.3 is 17.2 Å². The van der Waals surface area contributed by atoms with Crippen molar-refractivity contribution >= 4 is 0 Å². The molecule has 0 aromatic carbocycles. The van der Waals surface area contributed by atoms with Gasteiger partial charge in [-0.3, -0.25) is 15.0 Å². The number of piperidine rings is 1. The maximum Gasteiger partial charge on any atom is 0.225 e. The van der Waals surface area contributed by atoms with Crippen LogP contribution in [-0.4, -0.2) is 52.6 Å². The molecule has 6 N–H and O–H groups in total. The molecule has 3 aliphatic rings. The number of nitrogens with two attached hydrogens (primary N) is 3. The third-order valence-electron chi connectivity index (χ3n) is 5.51. The summed E-state index contributed by atoms with van der Waals surface area (Å²) in [5, 5.41) is 11.5. The highest BCUT2D eigenvalue weighted by Crippen LogP contribution is 2.62. The van der Waals surface area contributed by atoms with Crippen molar-refractivity contribution in [3.05, 3.63) is 10.1 Å². The van der Waals surface area contributed by atoms with Crippen LogP contribution in [0.2, 0.25) is 0 Å². The van der Waals surface area contributed by atoms with Crippen LogP contribution < -0.4 is 17.2 Å². The molecule has 3 fully saturated rings. The summed E-state index contributed by atoms with van der Waals surface area (Å²) in [6.45, 7) is 1.46. The van der Waals surface area contributed by atoms with Crippen LogP contribution in [0.25, 0.3) is 0 Å². The van der Waals surface area contributed by atoms with E-state index in [4.69, 9.17) is 17.2 Å². The van der Waals surface area contributed by atoms with Crippen LogP contribution >= 0.6 is 0 Å². The smallest absolute Gasteiger partial charge is 0.225 e. The molecule has 18 heavy (non-hydrogen) atoms. The quantitative estimate of drug-likeness (QED) is 0.318. The SMILES string of the molecule is NCC1CC2([N+](=O)[O-])CC(CN)C3(CN)C(C2)N13. The van der Waals surface area contributed by atoms with E-state index < -0.39 is 5.54 Å². The Hall–Kier alpha value is -0.760. The Labute approximate surface area is 106 Å². The van der Waals surface area contributed by atoms with Crippen molar-refractivity contribution in [3.8, 4) is 0 Å². The van der Waals surface area contributed by atoms with Crippen molar-refractivity contribution in [2.45, 2.75) is 42.4 Å². The first-order chi connectivity index (χ1) is 8.55. The molecule has 2 aliphatic heterocycles. The molecule has 0 spiro atoms. The number of rotatable bonds is 4. The molecule has 2 bridgehead atoms. The van der Waals surface area contributed by atoms with Crippen LogP contribution in [0.1, 0.15) is 19.3 Å². The molecule has 102 valence electrons. The van der Waals surface area contributed by atoms with Crippen LogP contribution in [0.4, 0.5) is 0 Å². The van der Waals surface area contributed by atoms with Crippen LogP contribution in [0.5, 0.6) is 0 Å². The third-order valence-corrected chi connectivity index (χ3v) is 5.51. The fraction of sp³-hybridized carbons (Fsp3) is 1.00. The minimum atomic E-state index is -0.815. The maximum atomic E-state index is 11.5. The highest BCUT2D eigenvalue weighted by Gasteiger charge is 2.78.